The minimum Gasteiger partial charge on any atom is -0.492 e. The first-order valence-corrected chi connectivity index (χ1v) is 8.52. The molecule has 1 saturated carbocycles. The van der Waals surface area contributed by atoms with E-state index in [0.717, 1.165) is 23.6 Å². The fourth-order valence-corrected chi connectivity index (χ4v) is 3.37. The summed E-state index contributed by atoms with van der Waals surface area (Å²) in [5.74, 6) is 2.25. The highest BCUT2D eigenvalue weighted by molar-refractivity contribution is 5.96. The van der Waals surface area contributed by atoms with Gasteiger partial charge in [0.05, 0.1) is 18.4 Å². The first-order valence-electron chi connectivity index (χ1n) is 8.52. The van der Waals surface area contributed by atoms with Gasteiger partial charge in [-0.3, -0.25) is 9.69 Å². The van der Waals surface area contributed by atoms with Crippen molar-refractivity contribution in [3.63, 3.8) is 0 Å². The number of hydrogen-bond acceptors (Lipinski definition) is 4. The van der Waals surface area contributed by atoms with Crippen molar-refractivity contribution in [1.29, 1.82) is 0 Å². The molecule has 1 aromatic rings. The van der Waals surface area contributed by atoms with E-state index < -0.39 is 5.60 Å². The maximum Gasteiger partial charge on any atom is 0.228 e. The van der Waals surface area contributed by atoms with Gasteiger partial charge in [0.2, 0.25) is 5.91 Å². The molecule has 0 bridgehead atoms. The summed E-state index contributed by atoms with van der Waals surface area (Å²) in [4.78, 5) is 18.6. The van der Waals surface area contributed by atoms with Gasteiger partial charge in [-0.05, 0) is 50.2 Å². The van der Waals surface area contributed by atoms with Crippen molar-refractivity contribution in [1.82, 2.24) is 4.98 Å². The van der Waals surface area contributed by atoms with Crippen molar-refractivity contribution < 1.29 is 14.6 Å². The maximum absolute atomic E-state index is 12.3. The summed E-state index contributed by atoms with van der Waals surface area (Å²) < 4.78 is 5.77. The number of pyridine rings is 1. The van der Waals surface area contributed by atoms with Gasteiger partial charge in [0.15, 0.2) is 0 Å². The van der Waals surface area contributed by atoms with Gasteiger partial charge in [0.25, 0.3) is 0 Å². The average molecular weight is 318 g/mol. The minimum atomic E-state index is -0.650. The fraction of sp³-hybridized carbons (Fsp3) is 0.667. The highest BCUT2D eigenvalue weighted by Crippen LogP contribution is 2.40. The number of aryl methyl sites for hydroxylation is 1. The maximum atomic E-state index is 12.3. The third-order valence-corrected chi connectivity index (χ3v) is 4.70. The lowest BCUT2D eigenvalue weighted by Crippen LogP contribution is -2.57. The number of carbonyl (C=O) groups is 1. The summed E-state index contributed by atoms with van der Waals surface area (Å²) in [5.41, 5.74) is 0.417. The van der Waals surface area contributed by atoms with Crippen LogP contribution in [0.1, 0.15) is 52.0 Å². The Morgan fingerprint density at radius 1 is 1.43 bits per heavy atom. The van der Waals surface area contributed by atoms with Crippen LogP contribution in [0.15, 0.2) is 12.3 Å². The van der Waals surface area contributed by atoms with Gasteiger partial charge in [-0.2, -0.15) is 0 Å². The Morgan fingerprint density at radius 2 is 2.17 bits per heavy atom. The van der Waals surface area contributed by atoms with E-state index in [0.29, 0.717) is 38.2 Å². The number of aromatic nitrogens is 1. The molecule has 1 aliphatic heterocycles. The quantitative estimate of drug-likeness (QED) is 0.906. The van der Waals surface area contributed by atoms with E-state index in [1.54, 1.807) is 11.1 Å². The van der Waals surface area contributed by atoms with E-state index in [1.165, 1.54) is 0 Å². The van der Waals surface area contributed by atoms with E-state index in [4.69, 9.17) is 4.74 Å². The molecule has 2 aliphatic rings. The van der Waals surface area contributed by atoms with Crippen LogP contribution in [0.5, 0.6) is 5.75 Å². The van der Waals surface area contributed by atoms with Crippen LogP contribution in [0.2, 0.25) is 0 Å². The zero-order valence-electron chi connectivity index (χ0n) is 14.2. The first kappa shape index (κ1) is 16.2. The molecule has 0 saturated heterocycles. The first-order chi connectivity index (χ1) is 10.9. The van der Waals surface area contributed by atoms with Gasteiger partial charge in [0.1, 0.15) is 11.6 Å². The van der Waals surface area contributed by atoms with Crippen LogP contribution in [0, 0.1) is 5.92 Å². The standard InChI is InChI=1S/C18H26N2O3/c1-12(2)6-7-23-15-8-13-4-5-16(21)20(17(13)19-11-15)14-9-18(3,22)10-14/h8,11-12,14,22H,4-7,9-10H2,1-3H3. The molecule has 5 heteroatoms. The Morgan fingerprint density at radius 3 is 2.83 bits per heavy atom. The summed E-state index contributed by atoms with van der Waals surface area (Å²) in [5, 5.41) is 9.96. The fourth-order valence-electron chi connectivity index (χ4n) is 3.37. The second-order valence-electron chi connectivity index (χ2n) is 7.51. The molecule has 1 aromatic heterocycles. The second-order valence-corrected chi connectivity index (χ2v) is 7.51. The molecule has 0 spiro atoms. The summed E-state index contributed by atoms with van der Waals surface area (Å²) in [6.07, 6.45) is 5.17. The Hall–Kier alpha value is -1.62. The number of amides is 1. The molecule has 3 rings (SSSR count). The number of anilines is 1. The number of nitrogens with zero attached hydrogens (tertiary/aromatic N) is 2. The Balaban J connectivity index is 1.73. The van der Waals surface area contributed by atoms with Crippen molar-refractivity contribution >= 4 is 11.7 Å². The predicted octanol–water partition coefficient (Wildman–Crippen LogP) is 2.70. The molecule has 1 aliphatic carbocycles. The van der Waals surface area contributed by atoms with Crippen LogP contribution < -0.4 is 9.64 Å². The Bertz CT molecular complexity index is 590. The average Bonchev–Trinajstić information content (AvgIpc) is 2.44. The molecule has 1 fully saturated rings. The van der Waals surface area contributed by atoms with Crippen LogP contribution in [0.4, 0.5) is 5.82 Å². The topological polar surface area (TPSA) is 62.7 Å². The number of fused-ring (bicyclic) bond motifs is 1. The largest absolute Gasteiger partial charge is 0.492 e. The summed E-state index contributed by atoms with van der Waals surface area (Å²) >= 11 is 0. The molecule has 1 N–H and O–H groups in total. The molecular formula is C18H26N2O3. The minimum absolute atomic E-state index is 0.0664. The Labute approximate surface area is 137 Å². The monoisotopic (exact) mass is 318 g/mol. The lowest BCUT2D eigenvalue weighted by atomic mass is 9.75. The highest BCUT2D eigenvalue weighted by atomic mass is 16.5. The normalized spacial score (nSPS) is 26.9. The summed E-state index contributed by atoms with van der Waals surface area (Å²) in [6.45, 7) is 6.85. The third-order valence-electron chi connectivity index (χ3n) is 4.70. The lowest BCUT2D eigenvalue weighted by molar-refractivity contribution is -0.121. The van der Waals surface area contributed by atoms with Crippen LogP contribution in [-0.4, -0.2) is 34.2 Å². The number of ether oxygens (including phenoxy) is 1. The van der Waals surface area contributed by atoms with Crippen molar-refractivity contribution in [3.8, 4) is 5.75 Å². The van der Waals surface area contributed by atoms with E-state index in [1.807, 2.05) is 13.0 Å². The number of carbonyl (C=O) groups excluding carboxylic acids is 1. The van der Waals surface area contributed by atoms with Crippen molar-refractivity contribution in [2.75, 3.05) is 11.5 Å². The molecule has 0 radical (unpaired) electrons. The number of rotatable bonds is 5. The SMILES string of the molecule is CC(C)CCOc1cnc2c(c1)CCC(=O)N2C1CC(C)(O)C1. The molecule has 5 nitrogen and oxygen atoms in total. The van der Waals surface area contributed by atoms with Gasteiger partial charge in [-0.15, -0.1) is 0 Å². The van der Waals surface area contributed by atoms with Gasteiger partial charge in [-0.1, -0.05) is 13.8 Å². The zero-order valence-corrected chi connectivity index (χ0v) is 14.2. The number of aliphatic hydroxyl groups is 1. The van der Waals surface area contributed by atoms with E-state index >= 15 is 0 Å². The Kier molecular flexibility index (Phi) is 4.32. The smallest absolute Gasteiger partial charge is 0.228 e. The van der Waals surface area contributed by atoms with E-state index in [-0.39, 0.29) is 11.9 Å². The summed E-state index contributed by atoms with van der Waals surface area (Å²) in [6, 6.07) is 2.08. The van der Waals surface area contributed by atoms with E-state index in [2.05, 4.69) is 18.8 Å². The van der Waals surface area contributed by atoms with Gasteiger partial charge >= 0.3 is 0 Å². The molecule has 2 heterocycles. The molecular weight excluding hydrogens is 292 g/mol. The molecule has 0 atom stereocenters. The summed E-state index contributed by atoms with van der Waals surface area (Å²) in [7, 11) is 0. The second kappa shape index (κ2) is 6.11. The van der Waals surface area contributed by atoms with Gasteiger partial charge < -0.3 is 9.84 Å². The van der Waals surface area contributed by atoms with Crippen molar-refractivity contribution in [2.45, 2.75) is 64.5 Å². The van der Waals surface area contributed by atoms with Gasteiger partial charge in [-0.25, -0.2) is 4.98 Å². The van der Waals surface area contributed by atoms with Crippen LogP contribution in [-0.2, 0) is 11.2 Å². The van der Waals surface area contributed by atoms with Crippen LogP contribution in [0.3, 0.4) is 0 Å². The molecule has 23 heavy (non-hydrogen) atoms. The molecule has 126 valence electrons. The third kappa shape index (κ3) is 3.50. The predicted molar refractivity (Wildman–Crippen MR) is 88.6 cm³/mol. The van der Waals surface area contributed by atoms with Gasteiger partial charge in [0, 0.05) is 12.5 Å². The molecule has 0 aromatic carbocycles. The van der Waals surface area contributed by atoms with E-state index in [9.17, 15) is 9.90 Å². The number of hydrogen-bond donors (Lipinski definition) is 1. The van der Waals surface area contributed by atoms with Crippen LogP contribution in [0.25, 0.3) is 0 Å². The molecule has 1 amide bonds. The van der Waals surface area contributed by atoms with Crippen molar-refractivity contribution in [3.05, 3.63) is 17.8 Å². The lowest BCUT2D eigenvalue weighted by Gasteiger charge is -2.47. The molecule has 0 unspecified atom stereocenters. The zero-order chi connectivity index (χ0) is 16.6. The van der Waals surface area contributed by atoms with Crippen LogP contribution >= 0.6 is 0 Å². The highest BCUT2D eigenvalue weighted by Gasteiger charge is 2.45. The van der Waals surface area contributed by atoms with Crippen molar-refractivity contribution in [2.24, 2.45) is 5.92 Å².